The Morgan fingerprint density at radius 2 is 1.85 bits per heavy atom. The smallest absolute Gasteiger partial charge is 0.0443 e. The second-order valence-electron chi connectivity index (χ2n) is 3.07. The maximum absolute atomic E-state index is 5.33. The molecule has 0 spiro atoms. The summed E-state index contributed by atoms with van der Waals surface area (Å²) in [5.74, 6) is 0.543. The van der Waals surface area contributed by atoms with Crippen molar-refractivity contribution in [3.8, 4) is 0 Å². The third-order valence-electron chi connectivity index (χ3n) is 1.47. The minimum Gasteiger partial charge on any atom is -0.125 e. The molecule has 0 amide bonds. The summed E-state index contributed by atoms with van der Waals surface area (Å²) in [6.45, 7) is 7.74. The van der Waals surface area contributed by atoms with Crippen molar-refractivity contribution < 1.29 is 0 Å². The van der Waals surface area contributed by atoms with Crippen LogP contribution in [-0.2, 0) is 0 Å². The summed E-state index contributed by atoms with van der Waals surface area (Å²) in [5.41, 5.74) is 0. The highest BCUT2D eigenvalue weighted by molar-refractivity contribution is 6.27. The molecule has 0 aromatic carbocycles. The Balaban J connectivity index is 0. The SMILES string of the molecule is C=CCCCCCC.CC(Cl)CCl. The largest absolute Gasteiger partial charge is 0.125 e. The lowest BCUT2D eigenvalue weighted by molar-refractivity contribution is 0.675. The standard InChI is InChI=1S/C8H16.C3H6Cl2/c1-3-5-7-8-6-4-2;1-3(5)2-4/h3H,1,4-8H2,2H3;3H,2H2,1H3. The normalized spacial score (nSPS) is 11.4. The van der Waals surface area contributed by atoms with E-state index < -0.39 is 0 Å². The number of hydrogen-bond donors (Lipinski definition) is 0. The molecule has 0 aromatic rings. The van der Waals surface area contributed by atoms with Crippen LogP contribution < -0.4 is 0 Å². The summed E-state index contributed by atoms with van der Waals surface area (Å²) in [6, 6.07) is 0. The Bertz CT molecular complexity index is 90.1. The molecule has 1 atom stereocenters. The van der Waals surface area contributed by atoms with Gasteiger partial charge in [-0.25, -0.2) is 0 Å². The van der Waals surface area contributed by atoms with Gasteiger partial charge >= 0.3 is 0 Å². The lowest BCUT2D eigenvalue weighted by atomic mass is 10.2. The zero-order valence-electron chi connectivity index (χ0n) is 8.86. The van der Waals surface area contributed by atoms with Gasteiger partial charge in [0.1, 0.15) is 0 Å². The van der Waals surface area contributed by atoms with E-state index in [9.17, 15) is 0 Å². The number of allylic oxidation sites excluding steroid dienone is 1. The molecule has 2 heteroatoms. The van der Waals surface area contributed by atoms with Crippen LogP contribution >= 0.6 is 23.2 Å². The van der Waals surface area contributed by atoms with Crippen LogP contribution in [0.1, 0.15) is 46.0 Å². The number of unbranched alkanes of at least 4 members (excludes halogenated alkanes) is 4. The molecule has 0 nitrogen and oxygen atoms in total. The highest BCUT2D eigenvalue weighted by atomic mass is 35.5. The van der Waals surface area contributed by atoms with Crippen LogP contribution in [0.25, 0.3) is 0 Å². The molecule has 0 aromatic heterocycles. The second kappa shape index (κ2) is 14.8. The first-order valence-electron chi connectivity index (χ1n) is 4.99. The molecule has 0 aliphatic rings. The molecule has 0 aliphatic heterocycles. The second-order valence-corrected chi connectivity index (χ2v) is 4.13. The first-order chi connectivity index (χ1) is 6.18. The van der Waals surface area contributed by atoms with Gasteiger partial charge < -0.3 is 0 Å². The average molecular weight is 225 g/mol. The van der Waals surface area contributed by atoms with Crippen LogP contribution in [-0.4, -0.2) is 11.3 Å². The predicted molar refractivity (Wildman–Crippen MR) is 65.0 cm³/mol. The first-order valence-corrected chi connectivity index (χ1v) is 5.97. The van der Waals surface area contributed by atoms with E-state index in [2.05, 4.69) is 13.5 Å². The fourth-order valence-corrected chi connectivity index (χ4v) is 0.715. The van der Waals surface area contributed by atoms with E-state index in [0.717, 1.165) is 0 Å². The number of alkyl halides is 2. The molecule has 0 rings (SSSR count). The quantitative estimate of drug-likeness (QED) is 0.339. The minimum atomic E-state index is 0.122. The molecule has 0 heterocycles. The zero-order chi connectivity index (χ0) is 10.5. The van der Waals surface area contributed by atoms with Crippen molar-refractivity contribution in [3.05, 3.63) is 12.7 Å². The average Bonchev–Trinajstić information content (AvgIpc) is 2.14. The highest BCUT2D eigenvalue weighted by Crippen LogP contribution is 2.01. The molecular weight excluding hydrogens is 203 g/mol. The maximum atomic E-state index is 5.33. The van der Waals surface area contributed by atoms with Gasteiger partial charge in [-0.1, -0.05) is 32.3 Å². The highest BCUT2D eigenvalue weighted by Gasteiger charge is 1.85. The van der Waals surface area contributed by atoms with E-state index in [0.29, 0.717) is 5.88 Å². The van der Waals surface area contributed by atoms with Crippen molar-refractivity contribution in [3.63, 3.8) is 0 Å². The molecule has 1 unspecified atom stereocenters. The van der Waals surface area contributed by atoms with Crippen molar-refractivity contribution in [2.45, 2.75) is 51.3 Å². The fraction of sp³-hybridized carbons (Fsp3) is 0.818. The monoisotopic (exact) mass is 224 g/mol. The van der Waals surface area contributed by atoms with Crippen LogP contribution in [0.2, 0.25) is 0 Å². The van der Waals surface area contributed by atoms with Crippen LogP contribution in [0.5, 0.6) is 0 Å². The van der Waals surface area contributed by atoms with Gasteiger partial charge in [-0.2, -0.15) is 0 Å². The van der Waals surface area contributed by atoms with Crippen molar-refractivity contribution in [2.24, 2.45) is 0 Å². The summed E-state index contributed by atoms with van der Waals surface area (Å²) < 4.78 is 0. The van der Waals surface area contributed by atoms with E-state index in [-0.39, 0.29) is 5.38 Å². The molecule has 0 saturated heterocycles. The molecule has 0 radical (unpaired) electrons. The van der Waals surface area contributed by atoms with Crippen LogP contribution in [0.3, 0.4) is 0 Å². The molecule has 0 saturated carbocycles. The van der Waals surface area contributed by atoms with Crippen molar-refractivity contribution >= 4 is 23.2 Å². The van der Waals surface area contributed by atoms with E-state index in [1.807, 2.05) is 13.0 Å². The van der Waals surface area contributed by atoms with Crippen LogP contribution in [0, 0.1) is 0 Å². The Labute approximate surface area is 93.3 Å². The van der Waals surface area contributed by atoms with Gasteiger partial charge in [0.05, 0.1) is 0 Å². The molecule has 0 aliphatic carbocycles. The number of rotatable bonds is 6. The number of hydrogen-bond acceptors (Lipinski definition) is 0. The number of halogens is 2. The predicted octanol–water partition coefficient (Wildman–Crippen LogP) is 5.00. The zero-order valence-corrected chi connectivity index (χ0v) is 10.4. The summed E-state index contributed by atoms with van der Waals surface area (Å²) >= 11 is 10.5. The molecule has 0 fully saturated rings. The Hall–Kier alpha value is 0.320. The van der Waals surface area contributed by atoms with Crippen molar-refractivity contribution in [1.82, 2.24) is 0 Å². The van der Waals surface area contributed by atoms with E-state index in [1.165, 1.54) is 32.1 Å². The third-order valence-corrected chi connectivity index (χ3v) is 2.25. The lowest BCUT2D eigenvalue weighted by Gasteiger charge is -1.91. The van der Waals surface area contributed by atoms with E-state index in [4.69, 9.17) is 23.2 Å². The Kier molecular flexibility index (Phi) is 18.0. The fourth-order valence-electron chi connectivity index (χ4n) is 0.715. The molecule has 13 heavy (non-hydrogen) atoms. The van der Waals surface area contributed by atoms with Gasteiger partial charge in [-0.3, -0.25) is 0 Å². The van der Waals surface area contributed by atoms with Gasteiger partial charge in [0.2, 0.25) is 0 Å². The van der Waals surface area contributed by atoms with Crippen LogP contribution in [0.15, 0.2) is 12.7 Å². The van der Waals surface area contributed by atoms with E-state index in [1.54, 1.807) is 0 Å². The van der Waals surface area contributed by atoms with Gasteiger partial charge in [-0.05, 0) is 19.8 Å². The van der Waals surface area contributed by atoms with Gasteiger partial charge in [0.25, 0.3) is 0 Å². The first kappa shape index (κ1) is 15.8. The summed E-state index contributed by atoms with van der Waals surface area (Å²) in [5, 5.41) is 0.122. The topological polar surface area (TPSA) is 0 Å². The van der Waals surface area contributed by atoms with Gasteiger partial charge in [-0.15, -0.1) is 29.8 Å². The summed E-state index contributed by atoms with van der Waals surface area (Å²) in [6.07, 6.45) is 8.61. The maximum Gasteiger partial charge on any atom is 0.0443 e. The summed E-state index contributed by atoms with van der Waals surface area (Å²) in [4.78, 5) is 0. The van der Waals surface area contributed by atoms with Gasteiger partial charge in [0, 0.05) is 11.3 Å². The van der Waals surface area contributed by atoms with Crippen molar-refractivity contribution in [1.29, 1.82) is 0 Å². The van der Waals surface area contributed by atoms with Crippen LogP contribution in [0.4, 0.5) is 0 Å². The molecule has 80 valence electrons. The Morgan fingerprint density at radius 3 is 2.15 bits per heavy atom. The van der Waals surface area contributed by atoms with E-state index >= 15 is 0 Å². The summed E-state index contributed by atoms with van der Waals surface area (Å²) in [7, 11) is 0. The van der Waals surface area contributed by atoms with Crippen molar-refractivity contribution in [2.75, 3.05) is 5.88 Å². The lowest BCUT2D eigenvalue weighted by Crippen LogP contribution is -1.87. The third kappa shape index (κ3) is 24.5. The Morgan fingerprint density at radius 1 is 1.31 bits per heavy atom. The minimum absolute atomic E-state index is 0.122. The molecular formula is C11H22Cl2. The molecule has 0 N–H and O–H groups in total. The van der Waals surface area contributed by atoms with Gasteiger partial charge in [0.15, 0.2) is 0 Å². The molecule has 0 bridgehead atoms.